The molecule has 0 aromatic carbocycles. The lowest BCUT2D eigenvalue weighted by atomic mass is 10.1. The molecule has 22 heavy (non-hydrogen) atoms. The van der Waals surface area contributed by atoms with Gasteiger partial charge in [0, 0.05) is 18.8 Å². The lowest BCUT2D eigenvalue weighted by molar-refractivity contribution is 0.0675. The van der Waals surface area contributed by atoms with E-state index in [4.69, 9.17) is 0 Å². The Morgan fingerprint density at radius 2 is 2.14 bits per heavy atom. The van der Waals surface area contributed by atoms with Crippen molar-refractivity contribution in [2.45, 2.75) is 18.9 Å². The Labute approximate surface area is 127 Å². The Kier molecular flexibility index (Phi) is 2.97. The van der Waals surface area contributed by atoms with Gasteiger partial charge >= 0.3 is 0 Å². The maximum Gasteiger partial charge on any atom is 0.273 e. The van der Waals surface area contributed by atoms with E-state index in [-0.39, 0.29) is 30.0 Å². The highest BCUT2D eigenvalue weighted by molar-refractivity contribution is 7.91. The van der Waals surface area contributed by atoms with Crippen molar-refractivity contribution >= 4 is 26.8 Å². The number of H-pyrrole nitrogens is 1. The fourth-order valence-corrected chi connectivity index (χ4v) is 4.75. The van der Waals surface area contributed by atoms with Gasteiger partial charge in [0.15, 0.2) is 9.84 Å². The molecule has 0 bridgehead atoms. The zero-order valence-electron chi connectivity index (χ0n) is 11.9. The number of aromatic amines is 1. The number of fused-ring (bicyclic) bond motifs is 1. The van der Waals surface area contributed by atoms with Crippen LogP contribution in [0.1, 0.15) is 23.3 Å². The zero-order chi connectivity index (χ0) is 15.3. The molecular formula is C14H16N4O3S. The number of carbonyl (C=O) groups is 1. The van der Waals surface area contributed by atoms with E-state index < -0.39 is 9.84 Å². The summed E-state index contributed by atoms with van der Waals surface area (Å²) in [4.78, 5) is 25.8. The fraction of sp³-hybridized carbons (Fsp3) is 0.500. The van der Waals surface area contributed by atoms with Crippen molar-refractivity contribution in [2.24, 2.45) is 5.92 Å². The minimum Gasteiger partial charge on any atom is -0.346 e. The van der Waals surface area contributed by atoms with Crippen molar-refractivity contribution in [2.75, 3.05) is 18.1 Å². The Balaban J connectivity index is 1.71. The minimum absolute atomic E-state index is 0.0311. The first kappa shape index (κ1) is 13.7. The van der Waals surface area contributed by atoms with E-state index in [1.54, 1.807) is 17.2 Å². The molecule has 2 aliphatic rings. The fourth-order valence-electron chi connectivity index (χ4n) is 3.14. The molecule has 1 saturated carbocycles. The number of hydrogen-bond acceptors (Lipinski definition) is 5. The molecule has 1 amide bonds. The summed E-state index contributed by atoms with van der Waals surface area (Å²) < 4.78 is 23.8. The van der Waals surface area contributed by atoms with Crippen LogP contribution < -0.4 is 0 Å². The Bertz CT molecular complexity index is 841. The number of amides is 1. The predicted molar refractivity (Wildman–Crippen MR) is 80.1 cm³/mol. The summed E-state index contributed by atoms with van der Waals surface area (Å²) in [6, 6.07) is 1.56. The molecule has 3 heterocycles. The number of nitrogens with one attached hydrogen (secondary N) is 1. The summed E-state index contributed by atoms with van der Waals surface area (Å²) >= 11 is 0. The number of aromatic nitrogens is 3. The van der Waals surface area contributed by atoms with Gasteiger partial charge in [-0.3, -0.25) is 4.79 Å². The van der Waals surface area contributed by atoms with Crippen molar-refractivity contribution in [3.63, 3.8) is 0 Å². The summed E-state index contributed by atoms with van der Waals surface area (Å²) in [5.74, 6) is 0.218. The van der Waals surface area contributed by atoms with Crippen LogP contribution in [0.4, 0.5) is 0 Å². The molecule has 1 saturated heterocycles. The molecule has 0 radical (unpaired) electrons. The van der Waals surface area contributed by atoms with Gasteiger partial charge in [-0.15, -0.1) is 0 Å². The molecule has 1 aliphatic carbocycles. The molecule has 1 aliphatic heterocycles. The first-order valence-electron chi connectivity index (χ1n) is 7.35. The summed E-state index contributed by atoms with van der Waals surface area (Å²) in [6.45, 7) is 0.248. The normalized spacial score (nSPS) is 24.5. The monoisotopic (exact) mass is 320 g/mol. The van der Waals surface area contributed by atoms with Crippen molar-refractivity contribution in [1.82, 2.24) is 19.9 Å². The van der Waals surface area contributed by atoms with Gasteiger partial charge in [0.25, 0.3) is 5.91 Å². The van der Waals surface area contributed by atoms with Gasteiger partial charge in [0.05, 0.1) is 16.9 Å². The largest absolute Gasteiger partial charge is 0.346 e. The first-order valence-corrected chi connectivity index (χ1v) is 9.17. The summed E-state index contributed by atoms with van der Waals surface area (Å²) in [6.07, 6.45) is 5.06. The molecule has 2 fully saturated rings. The van der Waals surface area contributed by atoms with Gasteiger partial charge in [-0.05, 0) is 24.8 Å². The molecule has 4 rings (SSSR count). The van der Waals surface area contributed by atoms with Gasteiger partial charge < -0.3 is 9.88 Å². The van der Waals surface area contributed by atoms with E-state index in [0.717, 1.165) is 12.8 Å². The van der Waals surface area contributed by atoms with Crippen LogP contribution in [0.15, 0.2) is 18.6 Å². The van der Waals surface area contributed by atoms with Gasteiger partial charge in [0.2, 0.25) is 0 Å². The van der Waals surface area contributed by atoms with E-state index in [2.05, 4.69) is 15.0 Å². The van der Waals surface area contributed by atoms with E-state index in [1.165, 1.54) is 6.33 Å². The second-order valence-corrected chi connectivity index (χ2v) is 8.21. The van der Waals surface area contributed by atoms with Crippen LogP contribution in [0.2, 0.25) is 0 Å². The average molecular weight is 320 g/mol. The Morgan fingerprint density at radius 3 is 2.91 bits per heavy atom. The predicted octanol–water partition coefficient (Wildman–Crippen LogP) is 0.607. The number of carbonyl (C=O) groups excluding carboxylic acids is 1. The Hall–Kier alpha value is -1.96. The molecule has 116 valence electrons. The summed E-state index contributed by atoms with van der Waals surface area (Å²) in [5.41, 5.74) is 0.960. The summed E-state index contributed by atoms with van der Waals surface area (Å²) in [5, 5.41) is 0.676. The van der Waals surface area contributed by atoms with Gasteiger partial charge in [-0.2, -0.15) is 0 Å². The van der Waals surface area contributed by atoms with Gasteiger partial charge in [0.1, 0.15) is 17.7 Å². The molecular weight excluding hydrogens is 304 g/mol. The average Bonchev–Trinajstić information content (AvgIpc) is 3.22. The maximum atomic E-state index is 12.9. The molecule has 1 unspecified atom stereocenters. The van der Waals surface area contributed by atoms with Crippen LogP contribution >= 0.6 is 0 Å². The van der Waals surface area contributed by atoms with Crippen molar-refractivity contribution < 1.29 is 13.2 Å². The number of hydrogen-bond donors (Lipinski definition) is 1. The van der Waals surface area contributed by atoms with E-state index in [0.29, 0.717) is 22.6 Å². The van der Waals surface area contributed by atoms with Gasteiger partial charge in [-0.1, -0.05) is 0 Å². The smallest absolute Gasteiger partial charge is 0.273 e. The summed E-state index contributed by atoms with van der Waals surface area (Å²) in [7, 11) is -3.05. The second-order valence-electron chi connectivity index (χ2n) is 5.98. The topological polar surface area (TPSA) is 96.0 Å². The SMILES string of the molecule is O=C(c1ncnc2[nH]ccc12)N1CCS(=O)(=O)CC1C1CC1. The van der Waals surface area contributed by atoms with Crippen LogP contribution in [0.3, 0.4) is 0 Å². The quantitative estimate of drug-likeness (QED) is 0.874. The van der Waals surface area contributed by atoms with Crippen LogP contribution in [-0.2, 0) is 9.84 Å². The molecule has 7 nitrogen and oxygen atoms in total. The van der Waals surface area contributed by atoms with E-state index >= 15 is 0 Å². The second kappa shape index (κ2) is 4.77. The van der Waals surface area contributed by atoms with E-state index in [9.17, 15) is 13.2 Å². The molecule has 0 spiro atoms. The van der Waals surface area contributed by atoms with Gasteiger partial charge in [-0.25, -0.2) is 18.4 Å². The molecule has 2 aromatic heterocycles. The first-order chi connectivity index (χ1) is 10.6. The molecule has 1 N–H and O–H groups in total. The van der Waals surface area contributed by atoms with Crippen LogP contribution in [-0.4, -0.2) is 58.3 Å². The lowest BCUT2D eigenvalue weighted by Gasteiger charge is -2.35. The third-order valence-electron chi connectivity index (χ3n) is 4.45. The third kappa shape index (κ3) is 2.27. The Morgan fingerprint density at radius 1 is 1.32 bits per heavy atom. The van der Waals surface area contributed by atoms with Crippen molar-refractivity contribution in [3.8, 4) is 0 Å². The number of sulfone groups is 1. The van der Waals surface area contributed by atoms with Crippen LogP contribution in [0.25, 0.3) is 11.0 Å². The highest BCUT2D eigenvalue weighted by atomic mass is 32.2. The van der Waals surface area contributed by atoms with Crippen LogP contribution in [0.5, 0.6) is 0 Å². The zero-order valence-corrected chi connectivity index (χ0v) is 12.7. The third-order valence-corrected chi connectivity index (χ3v) is 6.11. The van der Waals surface area contributed by atoms with Crippen molar-refractivity contribution in [1.29, 1.82) is 0 Å². The lowest BCUT2D eigenvalue weighted by Crippen LogP contribution is -2.52. The molecule has 8 heteroatoms. The number of rotatable bonds is 2. The molecule has 1 atom stereocenters. The standard InChI is InChI=1S/C14H16N4O3S/c19-14(12-10-3-4-15-13(10)17-8-16-12)18-5-6-22(20,21)7-11(18)9-1-2-9/h3-4,8-9,11H,1-2,5-7H2,(H,15,16,17). The highest BCUT2D eigenvalue weighted by Gasteiger charge is 2.43. The maximum absolute atomic E-state index is 12.9. The van der Waals surface area contributed by atoms with Crippen molar-refractivity contribution in [3.05, 3.63) is 24.3 Å². The molecule has 2 aromatic rings. The minimum atomic E-state index is -3.05. The highest BCUT2D eigenvalue weighted by Crippen LogP contribution is 2.38. The number of nitrogens with zero attached hydrogens (tertiary/aromatic N) is 3. The van der Waals surface area contributed by atoms with Crippen LogP contribution in [0, 0.1) is 5.92 Å². The van der Waals surface area contributed by atoms with E-state index in [1.807, 2.05) is 0 Å².